The Balaban J connectivity index is 1.93. The van der Waals surface area contributed by atoms with Gasteiger partial charge in [0.05, 0.1) is 15.9 Å². The second-order valence-electron chi connectivity index (χ2n) is 3.84. The zero-order chi connectivity index (χ0) is 13.1. The Morgan fingerprint density at radius 1 is 1.00 bits per heavy atom. The zero-order valence-electron chi connectivity index (χ0n) is 10.3. The normalized spacial score (nSPS) is 11.4. The SMILES string of the molecule is CSc1ccccc1N=Nc1nc2ccccc2s1. The molecule has 3 rings (SSSR count). The number of thiazole rings is 1. The highest BCUT2D eigenvalue weighted by Gasteiger charge is 2.02. The van der Waals surface area contributed by atoms with Gasteiger partial charge in [0.15, 0.2) is 0 Å². The van der Waals surface area contributed by atoms with Gasteiger partial charge in [-0.3, -0.25) is 0 Å². The number of benzene rings is 2. The first-order chi connectivity index (χ1) is 9.36. The Labute approximate surface area is 119 Å². The molecule has 0 bridgehead atoms. The summed E-state index contributed by atoms with van der Waals surface area (Å²) in [7, 11) is 0. The van der Waals surface area contributed by atoms with Crippen molar-refractivity contribution in [2.45, 2.75) is 4.90 Å². The van der Waals surface area contributed by atoms with E-state index in [0.29, 0.717) is 5.13 Å². The summed E-state index contributed by atoms with van der Waals surface area (Å²) in [6, 6.07) is 16.0. The molecule has 0 spiro atoms. The van der Waals surface area contributed by atoms with Crippen molar-refractivity contribution in [2.75, 3.05) is 6.26 Å². The van der Waals surface area contributed by atoms with E-state index >= 15 is 0 Å². The second kappa shape index (κ2) is 5.50. The molecule has 0 aliphatic heterocycles. The van der Waals surface area contributed by atoms with Crippen molar-refractivity contribution in [3.63, 3.8) is 0 Å². The van der Waals surface area contributed by atoms with Crippen LogP contribution in [0.4, 0.5) is 10.8 Å². The molecule has 0 aliphatic rings. The fourth-order valence-corrected chi connectivity index (χ4v) is 3.03. The molecule has 19 heavy (non-hydrogen) atoms. The van der Waals surface area contributed by atoms with Crippen LogP contribution in [0, 0.1) is 0 Å². The zero-order valence-corrected chi connectivity index (χ0v) is 11.9. The molecular weight excluding hydrogens is 274 g/mol. The standard InChI is InChI=1S/C14H11N3S2/c1-18-12-8-4-3-7-11(12)16-17-14-15-10-6-2-5-9-13(10)19-14/h2-9H,1H3. The van der Waals surface area contributed by atoms with Crippen LogP contribution in [0.2, 0.25) is 0 Å². The Bertz CT molecular complexity index is 701. The monoisotopic (exact) mass is 285 g/mol. The highest BCUT2D eigenvalue weighted by molar-refractivity contribution is 7.98. The first kappa shape index (κ1) is 12.3. The molecule has 0 saturated carbocycles. The third-order valence-electron chi connectivity index (χ3n) is 2.61. The van der Waals surface area contributed by atoms with E-state index < -0.39 is 0 Å². The van der Waals surface area contributed by atoms with Gasteiger partial charge in [0.25, 0.3) is 0 Å². The van der Waals surface area contributed by atoms with E-state index in [9.17, 15) is 0 Å². The summed E-state index contributed by atoms with van der Waals surface area (Å²) in [6.45, 7) is 0. The molecule has 5 heteroatoms. The van der Waals surface area contributed by atoms with Crippen LogP contribution in [0.5, 0.6) is 0 Å². The number of azo groups is 1. The lowest BCUT2D eigenvalue weighted by Crippen LogP contribution is -1.70. The van der Waals surface area contributed by atoms with Crippen molar-refractivity contribution in [3.05, 3.63) is 48.5 Å². The van der Waals surface area contributed by atoms with E-state index in [0.717, 1.165) is 20.8 Å². The molecule has 0 fully saturated rings. The number of nitrogens with zero attached hydrogens (tertiary/aromatic N) is 3. The maximum Gasteiger partial charge on any atom is 0.231 e. The molecule has 0 amide bonds. The fourth-order valence-electron chi connectivity index (χ4n) is 1.71. The van der Waals surface area contributed by atoms with E-state index in [1.807, 2.05) is 54.8 Å². The summed E-state index contributed by atoms with van der Waals surface area (Å²) >= 11 is 3.22. The molecule has 1 heterocycles. The van der Waals surface area contributed by atoms with Crippen LogP contribution >= 0.6 is 23.1 Å². The van der Waals surface area contributed by atoms with Gasteiger partial charge in [-0.1, -0.05) is 35.6 Å². The van der Waals surface area contributed by atoms with Crippen molar-refractivity contribution >= 4 is 44.1 Å². The van der Waals surface area contributed by atoms with Gasteiger partial charge in [-0.2, -0.15) is 0 Å². The van der Waals surface area contributed by atoms with Gasteiger partial charge in [-0.05, 0) is 30.5 Å². The lowest BCUT2D eigenvalue weighted by molar-refractivity contribution is 1.18. The smallest absolute Gasteiger partial charge is 0.217 e. The minimum Gasteiger partial charge on any atom is -0.217 e. The number of hydrogen-bond donors (Lipinski definition) is 0. The summed E-state index contributed by atoms with van der Waals surface area (Å²) in [4.78, 5) is 5.55. The molecule has 2 aromatic carbocycles. The Hall–Kier alpha value is -1.72. The number of fused-ring (bicyclic) bond motifs is 1. The van der Waals surface area contributed by atoms with Crippen molar-refractivity contribution in [1.82, 2.24) is 4.98 Å². The van der Waals surface area contributed by atoms with Gasteiger partial charge in [0, 0.05) is 4.90 Å². The van der Waals surface area contributed by atoms with Gasteiger partial charge in [0.2, 0.25) is 5.13 Å². The molecule has 94 valence electrons. The van der Waals surface area contributed by atoms with Crippen LogP contribution in [-0.2, 0) is 0 Å². The first-order valence-electron chi connectivity index (χ1n) is 5.77. The first-order valence-corrected chi connectivity index (χ1v) is 7.81. The van der Waals surface area contributed by atoms with Crippen molar-refractivity contribution in [2.24, 2.45) is 10.2 Å². The van der Waals surface area contributed by atoms with Gasteiger partial charge < -0.3 is 0 Å². The summed E-state index contributed by atoms with van der Waals surface area (Å²) < 4.78 is 1.13. The predicted octanol–water partition coefficient (Wildman–Crippen LogP) is 5.43. The van der Waals surface area contributed by atoms with E-state index in [-0.39, 0.29) is 0 Å². The Kier molecular flexibility index (Phi) is 3.57. The number of para-hydroxylation sites is 1. The van der Waals surface area contributed by atoms with E-state index in [1.54, 1.807) is 23.1 Å². The predicted molar refractivity (Wildman–Crippen MR) is 82.0 cm³/mol. The van der Waals surface area contributed by atoms with Gasteiger partial charge in [-0.15, -0.1) is 22.0 Å². The van der Waals surface area contributed by atoms with Crippen LogP contribution in [0.15, 0.2) is 63.7 Å². The van der Waals surface area contributed by atoms with Crippen LogP contribution in [-0.4, -0.2) is 11.2 Å². The quantitative estimate of drug-likeness (QED) is 0.475. The maximum absolute atomic E-state index is 4.43. The van der Waals surface area contributed by atoms with Gasteiger partial charge in [-0.25, -0.2) is 4.98 Å². The topological polar surface area (TPSA) is 37.6 Å². The Morgan fingerprint density at radius 2 is 1.79 bits per heavy atom. The van der Waals surface area contributed by atoms with Crippen LogP contribution in [0.1, 0.15) is 0 Å². The minimum absolute atomic E-state index is 0.692. The molecule has 0 aliphatic carbocycles. The summed E-state index contributed by atoms with van der Waals surface area (Å²) in [5.74, 6) is 0. The average molecular weight is 285 g/mol. The summed E-state index contributed by atoms with van der Waals surface area (Å²) in [5.41, 5.74) is 1.86. The largest absolute Gasteiger partial charge is 0.231 e. The van der Waals surface area contributed by atoms with Crippen molar-refractivity contribution < 1.29 is 0 Å². The van der Waals surface area contributed by atoms with Gasteiger partial charge in [0.1, 0.15) is 0 Å². The minimum atomic E-state index is 0.692. The third-order valence-corrected chi connectivity index (χ3v) is 4.32. The van der Waals surface area contributed by atoms with E-state index in [1.165, 1.54) is 0 Å². The number of aromatic nitrogens is 1. The molecule has 3 aromatic rings. The fraction of sp³-hybridized carbons (Fsp3) is 0.0714. The van der Waals surface area contributed by atoms with Crippen LogP contribution in [0.3, 0.4) is 0 Å². The average Bonchev–Trinajstić information content (AvgIpc) is 2.88. The number of hydrogen-bond acceptors (Lipinski definition) is 5. The van der Waals surface area contributed by atoms with Crippen molar-refractivity contribution in [3.8, 4) is 0 Å². The molecular formula is C14H11N3S2. The number of rotatable bonds is 3. The van der Waals surface area contributed by atoms with Crippen molar-refractivity contribution in [1.29, 1.82) is 0 Å². The van der Waals surface area contributed by atoms with E-state index in [4.69, 9.17) is 0 Å². The molecule has 0 radical (unpaired) electrons. The van der Waals surface area contributed by atoms with Crippen LogP contribution in [0.25, 0.3) is 10.2 Å². The van der Waals surface area contributed by atoms with E-state index in [2.05, 4.69) is 15.2 Å². The second-order valence-corrected chi connectivity index (χ2v) is 5.69. The molecule has 1 aromatic heterocycles. The number of thioether (sulfide) groups is 1. The highest BCUT2D eigenvalue weighted by atomic mass is 32.2. The maximum atomic E-state index is 4.43. The lowest BCUT2D eigenvalue weighted by Gasteiger charge is -1.98. The highest BCUT2D eigenvalue weighted by Crippen LogP contribution is 2.31. The molecule has 0 N–H and O–H groups in total. The molecule has 0 unspecified atom stereocenters. The van der Waals surface area contributed by atoms with Gasteiger partial charge >= 0.3 is 0 Å². The molecule has 0 saturated heterocycles. The lowest BCUT2D eigenvalue weighted by atomic mass is 10.3. The summed E-state index contributed by atoms with van der Waals surface area (Å²) in [6.07, 6.45) is 2.03. The molecule has 0 atom stereocenters. The molecule has 3 nitrogen and oxygen atoms in total. The summed E-state index contributed by atoms with van der Waals surface area (Å²) in [5, 5.41) is 9.23. The van der Waals surface area contributed by atoms with Crippen LogP contribution < -0.4 is 0 Å². The third kappa shape index (κ3) is 2.67. The Morgan fingerprint density at radius 3 is 2.63 bits per heavy atom.